The van der Waals surface area contributed by atoms with Crippen LogP contribution in [0.15, 0.2) is 47.7 Å². The van der Waals surface area contributed by atoms with E-state index in [0.29, 0.717) is 22.3 Å². The summed E-state index contributed by atoms with van der Waals surface area (Å²) in [5.74, 6) is -1.98. The Balaban J connectivity index is 1.83. The van der Waals surface area contributed by atoms with E-state index in [1.807, 2.05) is 0 Å². The number of carboxylic acid groups (broad SMARTS) is 1. The maximum atomic E-state index is 12.5. The first kappa shape index (κ1) is 23.4. The predicted octanol–water partition coefficient (Wildman–Crippen LogP) is 2.07. The zero-order valence-corrected chi connectivity index (χ0v) is 18.3. The summed E-state index contributed by atoms with van der Waals surface area (Å²) in [6.45, 7) is -0.354. The van der Waals surface area contributed by atoms with Crippen molar-refractivity contribution in [3.8, 4) is 11.1 Å². The Hall–Kier alpha value is -3.27. The molecule has 32 heavy (non-hydrogen) atoms. The van der Waals surface area contributed by atoms with E-state index in [4.69, 9.17) is 23.2 Å². The molecule has 0 bridgehead atoms. The number of aliphatic hydroxyl groups excluding tert-OH is 1. The molecule has 9 nitrogen and oxygen atoms in total. The minimum atomic E-state index is -1.25. The predicted molar refractivity (Wildman–Crippen MR) is 118 cm³/mol. The largest absolute Gasteiger partial charge is 0.480 e. The van der Waals surface area contributed by atoms with Crippen LogP contribution >= 0.6 is 23.2 Å². The standard InChI is InChI=1S/C21H18Cl2N4O5/c1-27-20(30)17(13(10-28)7-25-27)12-4-2-11(3-5-12)6-16(21(31)32)26-19(29)18-14(22)8-24-9-15(18)23/h2-5,7-9,16,28H,6,10H2,1H3,(H,26,29)(H,31,32)/t16-/m0/s1. The second-order valence-electron chi connectivity index (χ2n) is 6.88. The molecule has 1 atom stereocenters. The molecule has 1 amide bonds. The van der Waals surface area contributed by atoms with Crippen LogP contribution in [0.4, 0.5) is 0 Å². The molecule has 2 heterocycles. The van der Waals surface area contributed by atoms with Crippen LogP contribution in [0.5, 0.6) is 0 Å². The highest BCUT2D eigenvalue weighted by Gasteiger charge is 2.24. The lowest BCUT2D eigenvalue weighted by Gasteiger charge is -2.16. The second-order valence-corrected chi connectivity index (χ2v) is 7.69. The summed E-state index contributed by atoms with van der Waals surface area (Å²) in [6, 6.07) is 5.32. The van der Waals surface area contributed by atoms with Crippen molar-refractivity contribution in [2.75, 3.05) is 0 Å². The smallest absolute Gasteiger partial charge is 0.326 e. The summed E-state index contributed by atoms with van der Waals surface area (Å²) in [7, 11) is 1.50. The van der Waals surface area contributed by atoms with E-state index >= 15 is 0 Å². The van der Waals surface area contributed by atoms with Crippen LogP contribution in [0.3, 0.4) is 0 Å². The molecule has 0 spiro atoms. The van der Waals surface area contributed by atoms with E-state index in [9.17, 15) is 24.6 Å². The number of halogens is 2. The Morgan fingerprint density at radius 3 is 2.31 bits per heavy atom. The SMILES string of the molecule is Cn1ncc(CO)c(-c2ccc(C[C@H](NC(=O)c3c(Cl)cncc3Cl)C(=O)O)cc2)c1=O. The average molecular weight is 477 g/mol. The summed E-state index contributed by atoms with van der Waals surface area (Å²) in [6.07, 6.45) is 3.86. The number of carboxylic acids is 1. The highest BCUT2D eigenvalue weighted by molar-refractivity contribution is 6.39. The van der Waals surface area contributed by atoms with Gasteiger partial charge in [-0.1, -0.05) is 47.5 Å². The Bertz CT molecular complexity index is 1210. The van der Waals surface area contributed by atoms with Crippen LogP contribution in [0, 0.1) is 0 Å². The minimum Gasteiger partial charge on any atom is -0.480 e. The third-order valence-electron chi connectivity index (χ3n) is 4.75. The fraction of sp³-hybridized carbons (Fsp3) is 0.190. The van der Waals surface area contributed by atoms with Gasteiger partial charge in [-0.2, -0.15) is 5.10 Å². The molecule has 0 saturated heterocycles. The number of benzene rings is 1. The van der Waals surface area contributed by atoms with Crippen molar-refractivity contribution in [1.82, 2.24) is 20.1 Å². The van der Waals surface area contributed by atoms with Gasteiger partial charge in [0.05, 0.1) is 34.0 Å². The van der Waals surface area contributed by atoms with Gasteiger partial charge in [0, 0.05) is 31.4 Å². The fourth-order valence-electron chi connectivity index (χ4n) is 3.10. The summed E-state index contributed by atoms with van der Waals surface area (Å²) in [4.78, 5) is 40.5. The number of carbonyl (C=O) groups excluding carboxylic acids is 1. The van der Waals surface area contributed by atoms with Crippen LogP contribution in [-0.2, 0) is 24.9 Å². The molecule has 0 unspecified atom stereocenters. The molecule has 166 valence electrons. The molecule has 3 N–H and O–H groups in total. The first-order valence-corrected chi connectivity index (χ1v) is 10.1. The third-order valence-corrected chi connectivity index (χ3v) is 5.33. The zero-order valence-electron chi connectivity index (χ0n) is 16.7. The summed E-state index contributed by atoms with van der Waals surface area (Å²) in [5, 5.41) is 25.4. The van der Waals surface area contributed by atoms with Crippen LogP contribution in [0.2, 0.25) is 10.0 Å². The lowest BCUT2D eigenvalue weighted by Crippen LogP contribution is -2.42. The molecule has 0 saturated carbocycles. The molecular weight excluding hydrogens is 459 g/mol. The van der Waals surface area contributed by atoms with Gasteiger partial charge in [0.15, 0.2) is 0 Å². The number of hydrogen-bond acceptors (Lipinski definition) is 6. The van der Waals surface area contributed by atoms with Crippen molar-refractivity contribution in [2.24, 2.45) is 7.05 Å². The fourth-order valence-corrected chi connectivity index (χ4v) is 3.64. The summed E-state index contributed by atoms with van der Waals surface area (Å²) >= 11 is 11.9. The molecule has 0 aliphatic carbocycles. The van der Waals surface area contributed by atoms with Crippen molar-refractivity contribution in [1.29, 1.82) is 0 Å². The van der Waals surface area contributed by atoms with Crippen LogP contribution in [-0.4, -0.2) is 42.9 Å². The number of aryl methyl sites for hydroxylation is 1. The average Bonchev–Trinajstić information content (AvgIpc) is 2.75. The summed E-state index contributed by atoms with van der Waals surface area (Å²) < 4.78 is 1.16. The lowest BCUT2D eigenvalue weighted by molar-refractivity contribution is -0.139. The molecule has 0 aliphatic heterocycles. The number of nitrogens with zero attached hydrogens (tertiary/aromatic N) is 3. The number of aliphatic hydroxyl groups is 1. The molecule has 3 rings (SSSR count). The van der Waals surface area contributed by atoms with Gasteiger partial charge in [-0.05, 0) is 11.1 Å². The second kappa shape index (κ2) is 9.90. The molecule has 0 fully saturated rings. The van der Waals surface area contributed by atoms with Gasteiger partial charge in [0.1, 0.15) is 6.04 Å². The van der Waals surface area contributed by atoms with E-state index in [1.54, 1.807) is 24.3 Å². The molecule has 3 aromatic rings. The number of nitrogens with one attached hydrogen (secondary N) is 1. The van der Waals surface area contributed by atoms with E-state index < -0.39 is 17.9 Å². The van der Waals surface area contributed by atoms with Crippen molar-refractivity contribution in [3.63, 3.8) is 0 Å². The minimum absolute atomic E-state index is 0.00195. The highest BCUT2D eigenvalue weighted by atomic mass is 35.5. The van der Waals surface area contributed by atoms with Crippen molar-refractivity contribution >= 4 is 35.1 Å². The van der Waals surface area contributed by atoms with Gasteiger partial charge in [-0.3, -0.25) is 14.6 Å². The number of rotatable bonds is 7. The molecule has 0 aliphatic rings. The monoisotopic (exact) mass is 476 g/mol. The number of carbonyl (C=O) groups is 2. The van der Waals surface area contributed by atoms with Gasteiger partial charge in [0.25, 0.3) is 11.5 Å². The topological polar surface area (TPSA) is 134 Å². The molecular formula is C21H18Cl2N4O5. The molecule has 1 aromatic carbocycles. The Kier molecular flexibility index (Phi) is 7.24. The Labute approximate surface area is 192 Å². The number of amides is 1. The number of aromatic nitrogens is 3. The van der Waals surface area contributed by atoms with Crippen LogP contribution in [0.25, 0.3) is 11.1 Å². The highest BCUT2D eigenvalue weighted by Crippen LogP contribution is 2.23. The first-order chi connectivity index (χ1) is 15.2. The zero-order chi connectivity index (χ0) is 23.4. The van der Waals surface area contributed by atoms with Gasteiger partial charge in [0.2, 0.25) is 0 Å². The molecule has 2 aromatic heterocycles. The van der Waals surface area contributed by atoms with Gasteiger partial charge in [-0.25, -0.2) is 9.48 Å². The van der Waals surface area contributed by atoms with Crippen molar-refractivity contribution in [3.05, 3.63) is 79.9 Å². The van der Waals surface area contributed by atoms with Crippen LogP contribution in [0.1, 0.15) is 21.5 Å². The molecule has 0 radical (unpaired) electrons. The number of hydrogen-bond donors (Lipinski definition) is 3. The van der Waals surface area contributed by atoms with Crippen LogP contribution < -0.4 is 10.9 Å². The Morgan fingerprint density at radius 2 is 1.75 bits per heavy atom. The van der Waals surface area contributed by atoms with Gasteiger partial charge < -0.3 is 15.5 Å². The van der Waals surface area contributed by atoms with E-state index in [-0.39, 0.29) is 34.2 Å². The maximum absolute atomic E-state index is 12.5. The van der Waals surface area contributed by atoms with Gasteiger partial charge in [-0.15, -0.1) is 0 Å². The van der Waals surface area contributed by atoms with E-state index in [0.717, 1.165) is 4.68 Å². The van der Waals surface area contributed by atoms with Crippen molar-refractivity contribution in [2.45, 2.75) is 19.1 Å². The summed E-state index contributed by atoms with van der Waals surface area (Å²) in [5.41, 5.74) is 1.40. The number of pyridine rings is 1. The first-order valence-electron chi connectivity index (χ1n) is 9.31. The lowest BCUT2D eigenvalue weighted by atomic mass is 9.99. The third kappa shape index (κ3) is 4.96. The Morgan fingerprint density at radius 1 is 1.12 bits per heavy atom. The van der Waals surface area contributed by atoms with E-state index in [2.05, 4.69) is 15.4 Å². The van der Waals surface area contributed by atoms with Crippen molar-refractivity contribution < 1.29 is 19.8 Å². The number of aliphatic carboxylic acids is 1. The van der Waals surface area contributed by atoms with E-state index in [1.165, 1.54) is 25.6 Å². The quantitative estimate of drug-likeness (QED) is 0.474. The molecule has 11 heteroatoms. The normalized spacial score (nSPS) is 11.8. The maximum Gasteiger partial charge on any atom is 0.326 e. The van der Waals surface area contributed by atoms with Gasteiger partial charge >= 0.3 is 5.97 Å².